The first kappa shape index (κ1) is 17.5. The Balaban J connectivity index is 1.27. The first-order chi connectivity index (χ1) is 14.1. The van der Waals surface area contributed by atoms with E-state index in [9.17, 15) is 4.79 Å². The lowest BCUT2D eigenvalue weighted by molar-refractivity contribution is -0.140. The first-order valence-corrected chi connectivity index (χ1v) is 10.9. The Morgan fingerprint density at radius 1 is 1.03 bits per heavy atom. The highest BCUT2D eigenvalue weighted by Crippen LogP contribution is 2.60. The highest BCUT2D eigenvalue weighted by Gasteiger charge is 2.54. The van der Waals surface area contributed by atoms with Gasteiger partial charge in [-0.05, 0) is 86.6 Å². The maximum Gasteiger partial charge on any atom is 0.230 e. The Labute approximate surface area is 174 Å². The smallest absolute Gasteiger partial charge is 0.230 e. The molecule has 1 heterocycles. The van der Waals surface area contributed by atoms with Crippen LogP contribution in [0.15, 0.2) is 46.9 Å². The Bertz CT molecular complexity index is 1080. The molecular weight excluding hydrogens is 384 g/mol. The van der Waals surface area contributed by atoms with Crippen molar-refractivity contribution in [3.05, 3.63) is 47.5 Å². The third-order valence-corrected chi connectivity index (χ3v) is 7.47. The van der Waals surface area contributed by atoms with E-state index in [4.69, 9.17) is 16.0 Å². The average Bonchev–Trinajstić information content (AvgIpc) is 3.10. The van der Waals surface area contributed by atoms with E-state index in [1.807, 2.05) is 42.5 Å². The minimum absolute atomic E-state index is 0.156. The van der Waals surface area contributed by atoms with Crippen LogP contribution in [0.2, 0.25) is 5.02 Å². The molecule has 4 nitrogen and oxygen atoms in total. The first-order valence-electron chi connectivity index (χ1n) is 10.5. The summed E-state index contributed by atoms with van der Waals surface area (Å²) in [5, 5.41) is 3.85. The number of aromatic nitrogens is 1. The van der Waals surface area contributed by atoms with Gasteiger partial charge in [0.1, 0.15) is 5.52 Å². The van der Waals surface area contributed by atoms with Gasteiger partial charge in [-0.3, -0.25) is 4.79 Å². The van der Waals surface area contributed by atoms with E-state index >= 15 is 0 Å². The number of carbonyl (C=O) groups is 1. The lowest BCUT2D eigenvalue weighted by atomic mass is 9.49. The van der Waals surface area contributed by atoms with E-state index in [0.29, 0.717) is 16.5 Å². The van der Waals surface area contributed by atoms with E-state index in [1.165, 1.54) is 19.3 Å². The fourth-order valence-corrected chi connectivity index (χ4v) is 6.59. The number of hydrogen-bond acceptors (Lipinski definition) is 3. The summed E-state index contributed by atoms with van der Waals surface area (Å²) in [6.45, 7) is 0. The van der Waals surface area contributed by atoms with Crippen LogP contribution in [0, 0.1) is 23.2 Å². The summed E-state index contributed by atoms with van der Waals surface area (Å²) in [4.78, 5) is 17.9. The van der Waals surface area contributed by atoms with Gasteiger partial charge in [0.15, 0.2) is 5.58 Å². The van der Waals surface area contributed by atoms with Gasteiger partial charge in [-0.25, -0.2) is 4.98 Å². The number of fused-ring (bicyclic) bond motifs is 1. The summed E-state index contributed by atoms with van der Waals surface area (Å²) in [5.74, 6) is 3.00. The third kappa shape index (κ3) is 2.96. The van der Waals surface area contributed by atoms with Crippen LogP contribution >= 0.6 is 11.6 Å². The van der Waals surface area contributed by atoms with E-state index in [0.717, 1.165) is 53.8 Å². The maximum atomic E-state index is 13.3. The van der Waals surface area contributed by atoms with Gasteiger partial charge >= 0.3 is 0 Å². The van der Waals surface area contributed by atoms with Crippen LogP contribution in [0.1, 0.15) is 38.5 Å². The molecule has 0 radical (unpaired) electrons. The molecule has 148 valence electrons. The zero-order valence-electron chi connectivity index (χ0n) is 16.2. The van der Waals surface area contributed by atoms with Crippen molar-refractivity contribution in [1.29, 1.82) is 0 Å². The highest BCUT2D eigenvalue weighted by molar-refractivity contribution is 6.30. The van der Waals surface area contributed by atoms with Crippen LogP contribution < -0.4 is 5.32 Å². The van der Waals surface area contributed by atoms with E-state index < -0.39 is 0 Å². The number of carbonyl (C=O) groups excluding carboxylic acids is 1. The van der Waals surface area contributed by atoms with Gasteiger partial charge in [0.2, 0.25) is 11.8 Å². The normalized spacial score (nSPS) is 30.0. The van der Waals surface area contributed by atoms with Crippen molar-refractivity contribution in [2.75, 3.05) is 5.32 Å². The molecule has 4 bridgehead atoms. The molecule has 0 unspecified atom stereocenters. The van der Waals surface area contributed by atoms with Crippen LogP contribution in [-0.4, -0.2) is 10.9 Å². The zero-order valence-corrected chi connectivity index (χ0v) is 16.9. The highest BCUT2D eigenvalue weighted by atomic mass is 35.5. The lowest BCUT2D eigenvalue weighted by Crippen LogP contribution is -2.51. The Morgan fingerprint density at radius 3 is 2.45 bits per heavy atom. The van der Waals surface area contributed by atoms with Gasteiger partial charge in [0.25, 0.3) is 0 Å². The van der Waals surface area contributed by atoms with E-state index in [2.05, 4.69) is 10.3 Å². The second kappa shape index (κ2) is 6.33. The number of rotatable bonds is 3. The molecule has 4 fully saturated rings. The molecule has 1 N–H and O–H groups in total. The molecular formula is C24H23ClN2O2. The summed E-state index contributed by atoms with van der Waals surface area (Å²) in [5.41, 5.74) is 2.91. The summed E-state index contributed by atoms with van der Waals surface area (Å²) < 4.78 is 5.96. The molecule has 29 heavy (non-hydrogen) atoms. The third-order valence-electron chi connectivity index (χ3n) is 7.24. The molecule has 2 aromatic carbocycles. The van der Waals surface area contributed by atoms with Gasteiger partial charge in [0.05, 0.1) is 5.41 Å². The molecule has 4 aliphatic rings. The molecule has 1 amide bonds. The van der Waals surface area contributed by atoms with Gasteiger partial charge in [-0.1, -0.05) is 17.7 Å². The molecule has 5 heteroatoms. The van der Waals surface area contributed by atoms with Crippen LogP contribution in [-0.2, 0) is 4.79 Å². The summed E-state index contributed by atoms with van der Waals surface area (Å²) in [6.07, 6.45) is 7.20. The average molecular weight is 407 g/mol. The van der Waals surface area contributed by atoms with Crippen molar-refractivity contribution in [3.63, 3.8) is 0 Å². The number of hydrogen-bond donors (Lipinski definition) is 1. The van der Waals surface area contributed by atoms with E-state index in [1.54, 1.807) is 0 Å². The van der Waals surface area contributed by atoms with Gasteiger partial charge in [0, 0.05) is 22.3 Å². The molecule has 4 saturated carbocycles. The van der Waals surface area contributed by atoms with Crippen LogP contribution in [0.25, 0.3) is 22.6 Å². The van der Waals surface area contributed by atoms with Crippen molar-refractivity contribution in [1.82, 2.24) is 4.98 Å². The summed E-state index contributed by atoms with van der Waals surface area (Å²) in [7, 11) is 0. The molecule has 4 aliphatic carbocycles. The van der Waals surface area contributed by atoms with E-state index in [-0.39, 0.29) is 11.3 Å². The topological polar surface area (TPSA) is 55.1 Å². The van der Waals surface area contributed by atoms with Gasteiger partial charge < -0.3 is 9.73 Å². The molecule has 0 atom stereocenters. The van der Waals surface area contributed by atoms with Crippen LogP contribution in [0.4, 0.5) is 5.69 Å². The predicted molar refractivity (Wildman–Crippen MR) is 114 cm³/mol. The van der Waals surface area contributed by atoms with Crippen molar-refractivity contribution in [3.8, 4) is 11.5 Å². The number of anilines is 1. The van der Waals surface area contributed by atoms with Gasteiger partial charge in [-0.15, -0.1) is 0 Å². The zero-order chi connectivity index (χ0) is 19.6. The van der Waals surface area contributed by atoms with Crippen molar-refractivity contribution >= 4 is 34.3 Å². The number of amides is 1. The number of halogens is 1. The molecule has 0 aliphatic heterocycles. The molecule has 3 aromatic rings. The van der Waals surface area contributed by atoms with Crippen molar-refractivity contribution in [2.24, 2.45) is 23.2 Å². The maximum absolute atomic E-state index is 13.3. The minimum atomic E-state index is -0.156. The summed E-state index contributed by atoms with van der Waals surface area (Å²) >= 11 is 6.09. The summed E-state index contributed by atoms with van der Waals surface area (Å²) in [6, 6.07) is 13.2. The SMILES string of the molecule is O=C(Nc1ccc2nc(-c3cccc(Cl)c3)oc2c1)C12CC3CC(CC(C3)C1)C2. The monoisotopic (exact) mass is 406 g/mol. The fourth-order valence-electron chi connectivity index (χ4n) is 6.40. The fraction of sp³-hybridized carbons (Fsp3) is 0.417. The second-order valence-corrected chi connectivity index (χ2v) is 9.80. The van der Waals surface area contributed by atoms with Crippen LogP contribution in [0.5, 0.6) is 0 Å². The lowest BCUT2D eigenvalue weighted by Gasteiger charge is -2.55. The van der Waals surface area contributed by atoms with Crippen LogP contribution in [0.3, 0.4) is 0 Å². The number of nitrogens with one attached hydrogen (secondary N) is 1. The Kier molecular flexibility index (Phi) is 3.83. The number of benzene rings is 2. The second-order valence-electron chi connectivity index (χ2n) is 9.36. The molecule has 0 spiro atoms. The Hall–Kier alpha value is -2.33. The largest absolute Gasteiger partial charge is 0.436 e. The molecule has 1 aromatic heterocycles. The van der Waals surface area contributed by atoms with Crippen molar-refractivity contribution < 1.29 is 9.21 Å². The number of oxazole rings is 1. The quantitative estimate of drug-likeness (QED) is 0.555. The number of nitrogens with zero attached hydrogens (tertiary/aromatic N) is 1. The Morgan fingerprint density at radius 2 is 1.76 bits per heavy atom. The standard InChI is InChI=1S/C24H23ClN2O2/c25-18-3-1-2-17(9-18)22-27-20-5-4-19(10-21(20)29-22)26-23(28)24-11-14-6-15(12-24)8-16(7-14)13-24/h1-5,9-10,14-16H,6-8,11-13H2,(H,26,28). The minimum Gasteiger partial charge on any atom is -0.436 e. The molecule has 7 rings (SSSR count). The van der Waals surface area contributed by atoms with Crippen molar-refractivity contribution in [2.45, 2.75) is 38.5 Å². The van der Waals surface area contributed by atoms with Gasteiger partial charge in [-0.2, -0.15) is 0 Å². The molecule has 0 saturated heterocycles. The predicted octanol–water partition coefficient (Wildman–Crippen LogP) is 6.30.